The van der Waals surface area contributed by atoms with E-state index in [-0.39, 0.29) is 12.3 Å². The molecule has 0 bridgehead atoms. The number of carbonyl (C=O) groups is 1. The van der Waals surface area contributed by atoms with Crippen molar-refractivity contribution in [3.63, 3.8) is 0 Å². The summed E-state index contributed by atoms with van der Waals surface area (Å²) in [6.45, 7) is 2.11. The van der Waals surface area contributed by atoms with Crippen LogP contribution in [0.5, 0.6) is 0 Å². The van der Waals surface area contributed by atoms with Crippen LogP contribution in [-0.2, 0) is 11.2 Å². The highest BCUT2D eigenvalue weighted by atomic mass is 35.5. The van der Waals surface area contributed by atoms with Gasteiger partial charge in [0, 0.05) is 10.8 Å². The van der Waals surface area contributed by atoms with Gasteiger partial charge in [0.15, 0.2) is 4.34 Å². The number of carbonyl (C=O) groups excluding carboxylic acids is 1. The molecule has 2 aromatic rings. The summed E-state index contributed by atoms with van der Waals surface area (Å²) in [6, 6.07) is 7.31. The molecule has 1 amide bonds. The quantitative estimate of drug-likeness (QED) is 0.646. The molecule has 106 valence electrons. The molecule has 1 aromatic heterocycles. The molecule has 2 rings (SSSR count). The van der Waals surface area contributed by atoms with Gasteiger partial charge < -0.3 is 5.32 Å². The summed E-state index contributed by atoms with van der Waals surface area (Å²) in [5, 5.41) is 11.9. The Morgan fingerprint density at radius 3 is 2.95 bits per heavy atom. The Bertz CT molecular complexity index is 589. The smallest absolute Gasteiger partial charge is 0.230 e. The Morgan fingerprint density at radius 2 is 2.20 bits per heavy atom. The standard InChI is InChI=1S/C13H14ClN3OS2/c1-2-7-19-13-17-16-12(20-13)15-11(18)8-9-5-3-4-6-10(9)14/h3-6H,2,7-8H2,1H3,(H,15,16,18). The summed E-state index contributed by atoms with van der Waals surface area (Å²) in [6.07, 6.45) is 1.31. The van der Waals surface area contributed by atoms with Gasteiger partial charge in [-0.15, -0.1) is 10.2 Å². The minimum atomic E-state index is -0.138. The molecule has 4 nitrogen and oxygen atoms in total. The Hall–Kier alpha value is -1.11. The van der Waals surface area contributed by atoms with Gasteiger partial charge in [-0.05, 0) is 18.1 Å². The van der Waals surface area contributed by atoms with Crippen LogP contribution in [0.25, 0.3) is 0 Å². The molecule has 20 heavy (non-hydrogen) atoms. The maximum absolute atomic E-state index is 11.9. The zero-order chi connectivity index (χ0) is 14.4. The summed E-state index contributed by atoms with van der Waals surface area (Å²) < 4.78 is 0.875. The van der Waals surface area contributed by atoms with E-state index >= 15 is 0 Å². The Kier molecular flexibility index (Phi) is 5.82. The minimum Gasteiger partial charge on any atom is -0.300 e. The van der Waals surface area contributed by atoms with Gasteiger partial charge in [0.05, 0.1) is 6.42 Å². The maximum Gasteiger partial charge on any atom is 0.230 e. The van der Waals surface area contributed by atoms with Crippen molar-refractivity contribution in [3.8, 4) is 0 Å². The van der Waals surface area contributed by atoms with Gasteiger partial charge in [0.1, 0.15) is 0 Å². The van der Waals surface area contributed by atoms with Gasteiger partial charge in [-0.2, -0.15) is 0 Å². The van der Waals surface area contributed by atoms with Gasteiger partial charge in [-0.1, -0.05) is 59.8 Å². The third kappa shape index (κ3) is 4.47. The summed E-state index contributed by atoms with van der Waals surface area (Å²) in [5.41, 5.74) is 0.803. The number of anilines is 1. The summed E-state index contributed by atoms with van der Waals surface area (Å²) in [7, 11) is 0. The third-order valence-corrected chi connectivity index (χ3v) is 4.94. The van der Waals surface area contributed by atoms with Crippen molar-refractivity contribution in [2.24, 2.45) is 0 Å². The van der Waals surface area contributed by atoms with E-state index in [9.17, 15) is 4.79 Å². The molecule has 0 atom stereocenters. The highest BCUT2D eigenvalue weighted by molar-refractivity contribution is 8.01. The fourth-order valence-electron chi connectivity index (χ4n) is 1.49. The van der Waals surface area contributed by atoms with E-state index in [1.54, 1.807) is 17.8 Å². The van der Waals surface area contributed by atoms with Crippen LogP contribution >= 0.6 is 34.7 Å². The SMILES string of the molecule is CCCSc1nnc(NC(=O)Cc2ccccc2Cl)s1. The van der Waals surface area contributed by atoms with Crippen LogP contribution in [0.15, 0.2) is 28.6 Å². The molecule has 1 heterocycles. The van der Waals surface area contributed by atoms with E-state index in [0.717, 1.165) is 22.1 Å². The largest absolute Gasteiger partial charge is 0.300 e. The molecule has 0 aliphatic carbocycles. The lowest BCUT2D eigenvalue weighted by atomic mass is 10.1. The second-order valence-corrected chi connectivity index (χ2v) is 6.76. The molecular formula is C13H14ClN3OS2. The molecule has 0 aliphatic rings. The number of rotatable bonds is 6. The number of benzene rings is 1. The van der Waals surface area contributed by atoms with E-state index in [0.29, 0.717) is 10.2 Å². The second-order valence-electron chi connectivity index (χ2n) is 4.04. The number of halogens is 1. The van der Waals surface area contributed by atoms with Gasteiger partial charge in [-0.3, -0.25) is 4.79 Å². The zero-order valence-corrected chi connectivity index (χ0v) is 13.3. The van der Waals surface area contributed by atoms with E-state index in [2.05, 4.69) is 22.4 Å². The highest BCUT2D eigenvalue weighted by Gasteiger charge is 2.10. The number of amides is 1. The third-order valence-electron chi connectivity index (χ3n) is 2.39. The normalized spacial score (nSPS) is 10.5. The van der Waals surface area contributed by atoms with Crippen molar-refractivity contribution in [2.45, 2.75) is 24.1 Å². The maximum atomic E-state index is 11.9. The topological polar surface area (TPSA) is 54.9 Å². The molecule has 1 aromatic carbocycles. The van der Waals surface area contributed by atoms with Crippen molar-refractivity contribution in [3.05, 3.63) is 34.9 Å². The van der Waals surface area contributed by atoms with Crippen LogP contribution in [0, 0.1) is 0 Å². The molecule has 0 saturated carbocycles. The first-order valence-corrected chi connectivity index (χ1v) is 8.36. The van der Waals surface area contributed by atoms with Crippen LogP contribution in [0.4, 0.5) is 5.13 Å². The second kappa shape index (κ2) is 7.61. The molecule has 0 aliphatic heterocycles. The van der Waals surface area contributed by atoms with Crippen LogP contribution in [0.3, 0.4) is 0 Å². The summed E-state index contributed by atoms with van der Waals surface area (Å²) >= 11 is 9.06. The molecule has 0 spiro atoms. The van der Waals surface area contributed by atoms with E-state index in [1.807, 2.05) is 18.2 Å². The predicted octanol–water partition coefficient (Wildman–Crippen LogP) is 3.87. The Morgan fingerprint density at radius 1 is 1.40 bits per heavy atom. The first-order valence-electron chi connectivity index (χ1n) is 6.18. The number of aromatic nitrogens is 2. The van der Waals surface area contributed by atoms with Gasteiger partial charge >= 0.3 is 0 Å². The van der Waals surface area contributed by atoms with Gasteiger partial charge in [-0.25, -0.2) is 0 Å². The van der Waals surface area contributed by atoms with Crippen molar-refractivity contribution in [1.29, 1.82) is 0 Å². The van der Waals surface area contributed by atoms with Crippen molar-refractivity contribution in [2.75, 3.05) is 11.1 Å². The predicted molar refractivity (Wildman–Crippen MR) is 84.7 cm³/mol. The molecule has 1 N–H and O–H groups in total. The fraction of sp³-hybridized carbons (Fsp3) is 0.308. The van der Waals surface area contributed by atoms with Crippen molar-refractivity contribution in [1.82, 2.24) is 10.2 Å². The average Bonchev–Trinajstić information content (AvgIpc) is 2.86. The van der Waals surface area contributed by atoms with E-state index in [4.69, 9.17) is 11.6 Å². The number of hydrogen-bond donors (Lipinski definition) is 1. The zero-order valence-electron chi connectivity index (χ0n) is 10.9. The minimum absolute atomic E-state index is 0.138. The van der Waals surface area contributed by atoms with Crippen molar-refractivity contribution < 1.29 is 4.79 Å². The van der Waals surface area contributed by atoms with E-state index in [1.165, 1.54) is 11.3 Å². The Balaban J connectivity index is 1.91. The van der Waals surface area contributed by atoms with Gasteiger partial charge in [0.25, 0.3) is 0 Å². The van der Waals surface area contributed by atoms with Crippen LogP contribution in [0.2, 0.25) is 5.02 Å². The lowest BCUT2D eigenvalue weighted by Gasteiger charge is -2.03. The average molecular weight is 328 g/mol. The van der Waals surface area contributed by atoms with Crippen LogP contribution in [-0.4, -0.2) is 21.9 Å². The van der Waals surface area contributed by atoms with Crippen molar-refractivity contribution >= 4 is 45.7 Å². The molecule has 7 heteroatoms. The summed E-state index contributed by atoms with van der Waals surface area (Å²) in [4.78, 5) is 11.9. The molecule has 0 unspecified atom stereocenters. The Labute approximate surface area is 130 Å². The number of thioether (sulfide) groups is 1. The number of hydrogen-bond acceptors (Lipinski definition) is 5. The summed E-state index contributed by atoms with van der Waals surface area (Å²) in [5.74, 6) is 0.864. The lowest BCUT2D eigenvalue weighted by Crippen LogP contribution is -2.14. The van der Waals surface area contributed by atoms with Crippen LogP contribution in [0.1, 0.15) is 18.9 Å². The first-order chi connectivity index (χ1) is 9.69. The number of nitrogens with zero attached hydrogens (tertiary/aromatic N) is 2. The molecular weight excluding hydrogens is 314 g/mol. The monoisotopic (exact) mass is 327 g/mol. The molecule has 0 saturated heterocycles. The number of nitrogens with one attached hydrogen (secondary N) is 1. The first kappa shape index (κ1) is 15.3. The van der Waals surface area contributed by atoms with E-state index < -0.39 is 0 Å². The molecule has 0 fully saturated rings. The molecule has 0 radical (unpaired) electrons. The lowest BCUT2D eigenvalue weighted by molar-refractivity contribution is -0.115. The van der Waals surface area contributed by atoms with Crippen LogP contribution < -0.4 is 5.32 Å². The highest BCUT2D eigenvalue weighted by Crippen LogP contribution is 2.26. The fourth-order valence-corrected chi connectivity index (χ4v) is 3.38. The van der Waals surface area contributed by atoms with Gasteiger partial charge in [0.2, 0.25) is 11.0 Å².